The number of hydrogen-bond donors (Lipinski definition) is 2. The van der Waals surface area contributed by atoms with Crippen LogP contribution in [0, 0.1) is 0 Å². The molecule has 0 aliphatic heterocycles. The van der Waals surface area contributed by atoms with Crippen molar-refractivity contribution in [3.05, 3.63) is 102 Å². The Hall–Kier alpha value is -4.48. The molecule has 0 amide bonds. The maximum absolute atomic E-state index is 11.5. The summed E-state index contributed by atoms with van der Waals surface area (Å²) in [5.41, 5.74) is 0.463. The van der Waals surface area contributed by atoms with Crippen LogP contribution in [-0.2, 0) is 13.1 Å². The second-order valence-electron chi connectivity index (χ2n) is 8.09. The number of nitrogens with one attached hydrogen (secondary N) is 2. The van der Waals surface area contributed by atoms with E-state index in [0.29, 0.717) is 13.2 Å². The van der Waals surface area contributed by atoms with Gasteiger partial charge >= 0.3 is 22.9 Å². The average molecular weight is 498 g/mol. The Labute approximate surface area is 203 Å². The number of hydrogen-bond acceptors (Lipinski definition) is 8. The van der Waals surface area contributed by atoms with E-state index in [2.05, 4.69) is 0 Å². The van der Waals surface area contributed by atoms with Crippen molar-refractivity contribution >= 4 is 0 Å². The highest BCUT2D eigenvalue weighted by Gasteiger charge is 2.05. The summed E-state index contributed by atoms with van der Waals surface area (Å²) in [6.07, 6.45) is 3.84. The zero-order valence-electron chi connectivity index (χ0n) is 19.4. The Morgan fingerprint density at radius 3 is 1.31 bits per heavy atom. The van der Waals surface area contributed by atoms with Crippen LogP contribution in [0.1, 0.15) is 36.8 Å². The molecule has 2 aromatic carbocycles. The standard InChI is InChI=1S/C24H26N4O8/c29-21-25-23(31)35-27(21)15-17-5-9-19(10-6-17)33-13-3-1-2-4-14-34-20-11-7-18(8-12-20)16-28-22(30)26-24(32)36-28/h5-12H,1-4,13-16H2,(H,25,29,31)(H,26,30,32). The van der Waals surface area contributed by atoms with Crippen molar-refractivity contribution < 1.29 is 18.5 Å². The molecular formula is C24H26N4O8. The van der Waals surface area contributed by atoms with Gasteiger partial charge in [0.1, 0.15) is 11.5 Å². The molecule has 0 atom stereocenters. The lowest BCUT2D eigenvalue weighted by Crippen LogP contribution is -2.17. The smallest absolute Gasteiger partial charge is 0.440 e. The predicted molar refractivity (Wildman–Crippen MR) is 128 cm³/mol. The molecule has 0 unspecified atom stereocenters. The van der Waals surface area contributed by atoms with Crippen molar-refractivity contribution in [1.82, 2.24) is 19.4 Å². The third-order valence-corrected chi connectivity index (χ3v) is 5.33. The van der Waals surface area contributed by atoms with Gasteiger partial charge < -0.3 is 18.5 Å². The summed E-state index contributed by atoms with van der Waals surface area (Å²) in [7, 11) is 0. The second-order valence-corrected chi connectivity index (χ2v) is 8.09. The number of benzene rings is 2. The molecule has 12 heteroatoms. The fourth-order valence-electron chi connectivity index (χ4n) is 3.49. The zero-order chi connectivity index (χ0) is 25.3. The molecule has 0 bridgehead atoms. The molecule has 0 spiro atoms. The minimum atomic E-state index is -0.775. The predicted octanol–water partition coefficient (Wildman–Crippen LogP) is 1.69. The maximum Gasteiger partial charge on any atom is 0.440 e. The van der Waals surface area contributed by atoms with Gasteiger partial charge in [0.25, 0.3) is 0 Å². The number of H-pyrrole nitrogens is 2. The van der Waals surface area contributed by atoms with Crippen LogP contribution in [0.3, 0.4) is 0 Å². The van der Waals surface area contributed by atoms with E-state index < -0.39 is 22.9 Å². The Balaban J connectivity index is 1.07. The summed E-state index contributed by atoms with van der Waals surface area (Å²) in [6, 6.07) is 14.5. The van der Waals surface area contributed by atoms with E-state index in [0.717, 1.165) is 57.8 Å². The number of nitrogens with zero attached hydrogens (tertiary/aromatic N) is 2. The molecule has 0 aliphatic carbocycles. The van der Waals surface area contributed by atoms with E-state index in [1.807, 2.05) is 58.5 Å². The summed E-state index contributed by atoms with van der Waals surface area (Å²) < 4.78 is 22.9. The SMILES string of the molecule is O=c1[nH]c(=O)n(Cc2ccc(OCCCCCCOc3ccc(Cn4oc(=O)[nH]c4=O)cc3)cc2)o1. The average Bonchev–Trinajstić information content (AvgIpc) is 3.35. The molecule has 12 nitrogen and oxygen atoms in total. The van der Waals surface area contributed by atoms with Crippen molar-refractivity contribution in [2.45, 2.75) is 38.8 Å². The number of rotatable bonds is 13. The highest BCUT2D eigenvalue weighted by molar-refractivity contribution is 5.28. The topological polar surface area (TPSA) is 154 Å². The lowest BCUT2D eigenvalue weighted by atomic mass is 10.2. The zero-order valence-corrected chi connectivity index (χ0v) is 19.4. The van der Waals surface area contributed by atoms with Crippen LogP contribution in [-0.4, -0.2) is 32.7 Å². The Bertz CT molecular complexity index is 1350. The molecule has 4 rings (SSSR count). The second kappa shape index (κ2) is 11.8. The summed E-state index contributed by atoms with van der Waals surface area (Å²) in [5.74, 6) is -0.0842. The molecule has 2 aromatic heterocycles. The Morgan fingerprint density at radius 2 is 0.972 bits per heavy atom. The van der Waals surface area contributed by atoms with Gasteiger partial charge in [-0.1, -0.05) is 24.3 Å². The quantitative estimate of drug-likeness (QED) is 0.264. The largest absolute Gasteiger partial charge is 0.494 e. The van der Waals surface area contributed by atoms with Gasteiger partial charge in [-0.25, -0.2) is 29.1 Å². The van der Waals surface area contributed by atoms with Crippen LogP contribution in [0.5, 0.6) is 11.5 Å². The third kappa shape index (κ3) is 7.01. The normalized spacial score (nSPS) is 11.0. The first-order chi connectivity index (χ1) is 17.5. The molecule has 36 heavy (non-hydrogen) atoms. The third-order valence-electron chi connectivity index (χ3n) is 5.33. The first-order valence-corrected chi connectivity index (χ1v) is 11.5. The molecule has 2 N–H and O–H groups in total. The first-order valence-electron chi connectivity index (χ1n) is 11.5. The molecule has 190 valence electrons. The van der Waals surface area contributed by atoms with Crippen LogP contribution >= 0.6 is 0 Å². The van der Waals surface area contributed by atoms with Gasteiger partial charge in [0.15, 0.2) is 0 Å². The van der Waals surface area contributed by atoms with E-state index in [9.17, 15) is 19.2 Å². The van der Waals surface area contributed by atoms with Crippen LogP contribution in [0.4, 0.5) is 0 Å². The first kappa shape index (κ1) is 24.6. The number of aromatic amines is 2. The van der Waals surface area contributed by atoms with Crippen LogP contribution < -0.4 is 32.4 Å². The molecule has 2 heterocycles. The van der Waals surface area contributed by atoms with Crippen LogP contribution in [0.2, 0.25) is 0 Å². The minimum Gasteiger partial charge on any atom is -0.494 e. The van der Waals surface area contributed by atoms with Crippen molar-refractivity contribution in [2.75, 3.05) is 13.2 Å². The summed E-state index contributed by atoms with van der Waals surface area (Å²) in [5, 5.41) is 0. The van der Waals surface area contributed by atoms with E-state index >= 15 is 0 Å². The molecule has 0 radical (unpaired) electrons. The van der Waals surface area contributed by atoms with Crippen molar-refractivity contribution in [1.29, 1.82) is 0 Å². The molecular weight excluding hydrogens is 472 g/mol. The number of unbranched alkanes of at least 4 members (excludes halogenated alkanes) is 3. The summed E-state index contributed by atoms with van der Waals surface area (Å²) in [4.78, 5) is 49.1. The highest BCUT2D eigenvalue weighted by atomic mass is 16.5. The van der Waals surface area contributed by atoms with Gasteiger partial charge in [0.2, 0.25) is 0 Å². The lowest BCUT2D eigenvalue weighted by Gasteiger charge is -2.08. The summed E-state index contributed by atoms with van der Waals surface area (Å²) in [6.45, 7) is 1.52. The lowest BCUT2D eigenvalue weighted by molar-refractivity contribution is 0.257. The Morgan fingerprint density at radius 1 is 0.583 bits per heavy atom. The minimum absolute atomic E-state index is 0.165. The van der Waals surface area contributed by atoms with Gasteiger partial charge in [-0.2, -0.15) is 0 Å². The number of ether oxygens (including phenoxy) is 2. The molecule has 4 aromatic rings. The highest BCUT2D eigenvalue weighted by Crippen LogP contribution is 2.15. The van der Waals surface area contributed by atoms with Crippen LogP contribution in [0.15, 0.2) is 76.8 Å². The van der Waals surface area contributed by atoms with E-state index in [1.54, 1.807) is 0 Å². The number of aromatic nitrogens is 4. The molecule has 0 aliphatic rings. The molecule has 0 fully saturated rings. The van der Waals surface area contributed by atoms with E-state index in [-0.39, 0.29) is 13.1 Å². The van der Waals surface area contributed by atoms with Gasteiger partial charge in [0, 0.05) is 0 Å². The maximum atomic E-state index is 11.5. The van der Waals surface area contributed by atoms with E-state index in [4.69, 9.17) is 18.5 Å². The Kier molecular flexibility index (Phi) is 8.06. The molecule has 0 saturated carbocycles. The fourth-order valence-corrected chi connectivity index (χ4v) is 3.49. The van der Waals surface area contributed by atoms with Gasteiger partial charge in [-0.15, -0.1) is 9.48 Å². The fraction of sp³-hybridized carbons (Fsp3) is 0.333. The van der Waals surface area contributed by atoms with Gasteiger partial charge in [0.05, 0.1) is 26.3 Å². The van der Waals surface area contributed by atoms with Crippen molar-refractivity contribution in [3.63, 3.8) is 0 Å². The molecule has 0 saturated heterocycles. The van der Waals surface area contributed by atoms with E-state index in [1.165, 1.54) is 0 Å². The van der Waals surface area contributed by atoms with Crippen molar-refractivity contribution in [3.8, 4) is 11.5 Å². The summed E-state index contributed by atoms with van der Waals surface area (Å²) >= 11 is 0. The van der Waals surface area contributed by atoms with Crippen molar-refractivity contribution in [2.24, 2.45) is 0 Å². The van der Waals surface area contributed by atoms with Gasteiger partial charge in [-0.05, 0) is 61.1 Å². The van der Waals surface area contributed by atoms with Gasteiger partial charge in [-0.3, -0.25) is 0 Å². The van der Waals surface area contributed by atoms with Crippen LogP contribution in [0.25, 0.3) is 0 Å². The monoisotopic (exact) mass is 498 g/mol.